The average molecular weight is 196 g/mol. The Labute approximate surface area is 83.0 Å². The molecule has 0 aliphatic rings. The first kappa shape index (κ1) is 10.1. The number of nitrogens with one attached hydrogen (secondary N) is 1. The molecular formula is C9H12N2OS. The first-order chi connectivity index (χ1) is 6.22. The Hall–Kier alpha value is -1.03. The lowest BCUT2D eigenvalue weighted by Crippen LogP contribution is -2.11. The standard InChI is InChI=1S/C9H12N2OS/c1-7-4-8(6-10-5-7)11-9(12)2-3-13/h4-6,13H,2-3H2,1H3,(H,11,12). The molecule has 0 aliphatic carbocycles. The highest BCUT2D eigenvalue weighted by Gasteiger charge is 2.00. The molecule has 3 nitrogen and oxygen atoms in total. The number of carbonyl (C=O) groups excluding carboxylic acids is 1. The molecule has 4 heteroatoms. The van der Waals surface area contributed by atoms with Crippen LogP contribution in [0, 0.1) is 6.92 Å². The summed E-state index contributed by atoms with van der Waals surface area (Å²) in [6.45, 7) is 1.93. The zero-order chi connectivity index (χ0) is 9.68. The van der Waals surface area contributed by atoms with Gasteiger partial charge in [-0.25, -0.2) is 0 Å². The molecule has 0 saturated heterocycles. The topological polar surface area (TPSA) is 42.0 Å². The van der Waals surface area contributed by atoms with Gasteiger partial charge in [-0.3, -0.25) is 9.78 Å². The number of rotatable bonds is 3. The summed E-state index contributed by atoms with van der Waals surface area (Å²) in [5.74, 6) is 0.535. The molecule has 70 valence electrons. The van der Waals surface area contributed by atoms with Gasteiger partial charge in [0.25, 0.3) is 0 Å². The molecular weight excluding hydrogens is 184 g/mol. The molecule has 0 aliphatic heterocycles. The van der Waals surface area contributed by atoms with E-state index in [0.717, 1.165) is 11.3 Å². The molecule has 0 bridgehead atoms. The van der Waals surface area contributed by atoms with Crippen LogP contribution in [0.25, 0.3) is 0 Å². The Kier molecular flexibility index (Phi) is 3.76. The van der Waals surface area contributed by atoms with E-state index in [1.165, 1.54) is 0 Å². The van der Waals surface area contributed by atoms with Gasteiger partial charge in [0.15, 0.2) is 0 Å². The van der Waals surface area contributed by atoms with Gasteiger partial charge in [-0.15, -0.1) is 0 Å². The maximum absolute atomic E-state index is 11.1. The van der Waals surface area contributed by atoms with E-state index >= 15 is 0 Å². The van der Waals surface area contributed by atoms with Crippen LogP contribution in [0.1, 0.15) is 12.0 Å². The van der Waals surface area contributed by atoms with Crippen LogP contribution >= 0.6 is 12.6 Å². The molecule has 1 amide bonds. The van der Waals surface area contributed by atoms with E-state index < -0.39 is 0 Å². The summed E-state index contributed by atoms with van der Waals surface area (Å²) in [4.78, 5) is 15.1. The van der Waals surface area contributed by atoms with E-state index in [-0.39, 0.29) is 5.91 Å². The van der Waals surface area contributed by atoms with Gasteiger partial charge >= 0.3 is 0 Å². The van der Waals surface area contributed by atoms with Gasteiger partial charge in [-0.2, -0.15) is 12.6 Å². The van der Waals surface area contributed by atoms with E-state index in [9.17, 15) is 4.79 Å². The van der Waals surface area contributed by atoms with Crippen molar-refractivity contribution in [1.82, 2.24) is 4.98 Å². The Morgan fingerprint density at radius 3 is 3.00 bits per heavy atom. The van der Waals surface area contributed by atoms with Crippen molar-refractivity contribution >= 4 is 24.2 Å². The molecule has 1 aromatic heterocycles. The Balaban J connectivity index is 2.58. The number of aromatic nitrogens is 1. The van der Waals surface area contributed by atoms with Crippen molar-refractivity contribution in [2.45, 2.75) is 13.3 Å². The van der Waals surface area contributed by atoms with E-state index in [4.69, 9.17) is 0 Å². The molecule has 1 rings (SSSR count). The summed E-state index contributed by atoms with van der Waals surface area (Å²) < 4.78 is 0. The normalized spacial score (nSPS) is 9.69. The van der Waals surface area contributed by atoms with Gasteiger partial charge in [0, 0.05) is 12.6 Å². The van der Waals surface area contributed by atoms with Crippen molar-refractivity contribution in [2.75, 3.05) is 11.1 Å². The van der Waals surface area contributed by atoms with Crippen LogP contribution in [0.15, 0.2) is 18.5 Å². The Bertz CT molecular complexity index is 301. The molecule has 0 fully saturated rings. The number of aryl methyl sites for hydroxylation is 1. The molecule has 0 unspecified atom stereocenters. The second-order valence-electron chi connectivity index (χ2n) is 2.77. The highest BCUT2D eigenvalue weighted by molar-refractivity contribution is 7.80. The van der Waals surface area contributed by atoms with E-state index in [0.29, 0.717) is 12.2 Å². The van der Waals surface area contributed by atoms with Gasteiger partial charge in [-0.05, 0) is 24.3 Å². The number of thiol groups is 1. The van der Waals surface area contributed by atoms with Crippen LogP contribution in [-0.2, 0) is 4.79 Å². The van der Waals surface area contributed by atoms with Crippen LogP contribution in [0.5, 0.6) is 0 Å². The smallest absolute Gasteiger partial charge is 0.225 e. The number of amides is 1. The number of pyridine rings is 1. The van der Waals surface area contributed by atoms with Crippen molar-refractivity contribution in [1.29, 1.82) is 0 Å². The van der Waals surface area contributed by atoms with Crippen LogP contribution in [-0.4, -0.2) is 16.6 Å². The van der Waals surface area contributed by atoms with E-state index in [1.807, 2.05) is 13.0 Å². The molecule has 1 N–H and O–H groups in total. The van der Waals surface area contributed by atoms with Gasteiger partial charge in [-0.1, -0.05) is 0 Å². The Morgan fingerprint density at radius 2 is 2.38 bits per heavy atom. The Morgan fingerprint density at radius 1 is 1.62 bits per heavy atom. The number of carbonyl (C=O) groups is 1. The predicted molar refractivity (Wildman–Crippen MR) is 56.1 cm³/mol. The van der Waals surface area contributed by atoms with Crippen LogP contribution in [0.4, 0.5) is 5.69 Å². The molecule has 0 aromatic carbocycles. The third kappa shape index (κ3) is 3.46. The van der Waals surface area contributed by atoms with E-state index in [1.54, 1.807) is 12.4 Å². The van der Waals surface area contributed by atoms with Crippen molar-refractivity contribution in [3.63, 3.8) is 0 Å². The van der Waals surface area contributed by atoms with Gasteiger partial charge in [0.1, 0.15) is 0 Å². The summed E-state index contributed by atoms with van der Waals surface area (Å²) >= 11 is 3.97. The number of hydrogen-bond donors (Lipinski definition) is 2. The minimum absolute atomic E-state index is 0.0256. The lowest BCUT2D eigenvalue weighted by atomic mass is 10.3. The van der Waals surface area contributed by atoms with Crippen LogP contribution < -0.4 is 5.32 Å². The summed E-state index contributed by atoms with van der Waals surface area (Å²) in [6.07, 6.45) is 3.80. The second-order valence-corrected chi connectivity index (χ2v) is 3.22. The van der Waals surface area contributed by atoms with Crippen LogP contribution in [0.3, 0.4) is 0 Å². The summed E-state index contributed by atoms with van der Waals surface area (Å²) in [7, 11) is 0. The minimum Gasteiger partial charge on any atom is -0.325 e. The van der Waals surface area contributed by atoms with Gasteiger partial charge < -0.3 is 5.32 Å². The van der Waals surface area contributed by atoms with Crippen molar-refractivity contribution < 1.29 is 4.79 Å². The fourth-order valence-electron chi connectivity index (χ4n) is 0.948. The van der Waals surface area contributed by atoms with Crippen molar-refractivity contribution in [3.05, 3.63) is 24.0 Å². The number of anilines is 1. The zero-order valence-corrected chi connectivity index (χ0v) is 8.34. The quantitative estimate of drug-likeness (QED) is 0.722. The maximum atomic E-state index is 11.1. The molecule has 0 radical (unpaired) electrons. The number of nitrogens with zero attached hydrogens (tertiary/aromatic N) is 1. The minimum atomic E-state index is -0.0256. The summed E-state index contributed by atoms with van der Waals surface area (Å²) in [5.41, 5.74) is 1.77. The first-order valence-corrected chi connectivity index (χ1v) is 4.68. The molecule has 0 atom stereocenters. The lowest BCUT2D eigenvalue weighted by Gasteiger charge is -2.03. The third-order valence-electron chi connectivity index (χ3n) is 1.50. The highest BCUT2D eigenvalue weighted by Crippen LogP contribution is 2.07. The fraction of sp³-hybridized carbons (Fsp3) is 0.333. The molecule has 0 saturated carbocycles. The van der Waals surface area contributed by atoms with Crippen LogP contribution in [0.2, 0.25) is 0 Å². The molecule has 1 aromatic rings. The summed E-state index contributed by atoms with van der Waals surface area (Å²) in [6, 6.07) is 1.88. The van der Waals surface area contributed by atoms with E-state index in [2.05, 4.69) is 22.9 Å². The SMILES string of the molecule is Cc1cncc(NC(=O)CCS)c1. The predicted octanol–water partition coefficient (Wildman–Crippen LogP) is 1.65. The highest BCUT2D eigenvalue weighted by atomic mass is 32.1. The largest absolute Gasteiger partial charge is 0.325 e. The molecule has 0 spiro atoms. The lowest BCUT2D eigenvalue weighted by molar-refractivity contribution is -0.115. The first-order valence-electron chi connectivity index (χ1n) is 4.05. The third-order valence-corrected chi connectivity index (χ3v) is 1.72. The zero-order valence-electron chi connectivity index (χ0n) is 7.45. The van der Waals surface area contributed by atoms with Gasteiger partial charge in [0.05, 0.1) is 11.9 Å². The monoisotopic (exact) mass is 196 g/mol. The average Bonchev–Trinajstić information content (AvgIpc) is 2.04. The summed E-state index contributed by atoms with van der Waals surface area (Å²) in [5, 5.41) is 2.73. The van der Waals surface area contributed by atoms with Crippen molar-refractivity contribution in [2.24, 2.45) is 0 Å². The van der Waals surface area contributed by atoms with Gasteiger partial charge in [0.2, 0.25) is 5.91 Å². The maximum Gasteiger partial charge on any atom is 0.225 e. The number of hydrogen-bond acceptors (Lipinski definition) is 3. The second kappa shape index (κ2) is 4.87. The molecule has 13 heavy (non-hydrogen) atoms. The van der Waals surface area contributed by atoms with Crippen molar-refractivity contribution in [3.8, 4) is 0 Å². The fourth-order valence-corrected chi connectivity index (χ4v) is 1.15. The molecule has 1 heterocycles.